The van der Waals surface area contributed by atoms with Crippen LogP contribution in [-0.2, 0) is 0 Å². The monoisotopic (exact) mass is 291 g/mol. The van der Waals surface area contributed by atoms with Crippen LogP contribution in [0.15, 0.2) is 29.2 Å². The molecule has 0 unspecified atom stereocenters. The highest BCUT2D eigenvalue weighted by molar-refractivity contribution is 8.00. The lowest BCUT2D eigenvalue weighted by atomic mass is 9.57. The molecule has 1 aromatic rings. The minimum atomic E-state index is 0.290. The summed E-state index contributed by atoms with van der Waals surface area (Å²) in [7, 11) is 0. The molecule has 0 spiro atoms. The normalized spacial score (nSPS) is 19.6. The van der Waals surface area contributed by atoms with Gasteiger partial charge in [0.2, 0.25) is 0 Å². The summed E-state index contributed by atoms with van der Waals surface area (Å²) in [6, 6.07) is 8.85. The predicted molar refractivity (Wildman–Crippen MR) is 90.3 cm³/mol. The highest BCUT2D eigenvalue weighted by atomic mass is 32.2. The van der Waals surface area contributed by atoms with Gasteiger partial charge in [-0.3, -0.25) is 0 Å². The fourth-order valence-corrected chi connectivity index (χ4v) is 5.77. The van der Waals surface area contributed by atoms with Crippen molar-refractivity contribution < 1.29 is 0 Å². The van der Waals surface area contributed by atoms with Crippen LogP contribution in [0.3, 0.4) is 0 Å². The molecule has 0 heterocycles. The molecule has 2 heteroatoms. The van der Waals surface area contributed by atoms with Gasteiger partial charge in [-0.2, -0.15) is 0 Å². The largest absolute Gasteiger partial charge is 0.329 e. The Labute approximate surface area is 128 Å². The molecule has 0 saturated heterocycles. The van der Waals surface area contributed by atoms with E-state index in [4.69, 9.17) is 5.73 Å². The van der Waals surface area contributed by atoms with Crippen LogP contribution in [0.2, 0.25) is 0 Å². The van der Waals surface area contributed by atoms with Gasteiger partial charge in [-0.1, -0.05) is 44.4 Å². The predicted octanol–water partition coefficient (Wildman–Crippen LogP) is 5.17. The Bertz CT molecular complexity index is 427. The fourth-order valence-electron chi connectivity index (χ4n) is 4.04. The van der Waals surface area contributed by atoms with Crippen LogP contribution in [0.5, 0.6) is 0 Å². The molecule has 1 fully saturated rings. The molecule has 0 amide bonds. The molecular formula is C18H29NS. The molecule has 0 bridgehead atoms. The first-order valence-corrected chi connectivity index (χ1v) is 8.84. The van der Waals surface area contributed by atoms with Crippen LogP contribution in [0.4, 0.5) is 0 Å². The Kier molecular flexibility index (Phi) is 5.19. The lowest BCUT2D eigenvalue weighted by molar-refractivity contribution is 0.0614. The van der Waals surface area contributed by atoms with Crippen molar-refractivity contribution in [2.45, 2.75) is 68.9 Å². The molecule has 112 valence electrons. The van der Waals surface area contributed by atoms with Crippen molar-refractivity contribution in [3.8, 4) is 0 Å². The standard InChI is InChI=1S/C18H29NS/c1-4-9-17(10-5-2)12-18(13-17,14-19)20-16-8-6-7-15(3)11-16/h6-8,11H,4-5,9-10,12-14,19H2,1-3H3. The van der Waals surface area contributed by atoms with Crippen molar-refractivity contribution in [2.24, 2.45) is 11.1 Å². The van der Waals surface area contributed by atoms with Crippen LogP contribution >= 0.6 is 11.8 Å². The molecule has 1 aromatic carbocycles. The third-order valence-corrected chi connectivity index (χ3v) is 6.03. The summed E-state index contributed by atoms with van der Waals surface area (Å²) in [5.74, 6) is 0. The van der Waals surface area contributed by atoms with Gasteiger partial charge in [-0.05, 0) is 50.2 Å². The molecule has 0 aromatic heterocycles. The van der Waals surface area contributed by atoms with E-state index in [1.165, 1.54) is 49.0 Å². The Morgan fingerprint density at radius 2 is 1.80 bits per heavy atom. The van der Waals surface area contributed by atoms with Crippen LogP contribution in [0.1, 0.15) is 57.9 Å². The summed E-state index contributed by atoms with van der Waals surface area (Å²) in [5.41, 5.74) is 8.07. The zero-order chi connectivity index (χ0) is 14.6. The van der Waals surface area contributed by atoms with Crippen molar-refractivity contribution in [1.29, 1.82) is 0 Å². The van der Waals surface area contributed by atoms with Gasteiger partial charge in [0, 0.05) is 16.2 Å². The van der Waals surface area contributed by atoms with Crippen molar-refractivity contribution in [3.05, 3.63) is 29.8 Å². The summed E-state index contributed by atoms with van der Waals surface area (Å²) in [5, 5.41) is 0. The fraction of sp³-hybridized carbons (Fsp3) is 0.667. The van der Waals surface area contributed by atoms with Crippen LogP contribution in [0, 0.1) is 12.3 Å². The molecule has 0 aliphatic heterocycles. The quantitative estimate of drug-likeness (QED) is 0.750. The molecule has 2 rings (SSSR count). The molecular weight excluding hydrogens is 262 g/mol. The zero-order valence-electron chi connectivity index (χ0n) is 13.2. The SMILES string of the molecule is CCCC1(CCC)CC(CN)(Sc2cccc(C)c2)C1. The highest BCUT2D eigenvalue weighted by Crippen LogP contribution is 2.61. The number of benzene rings is 1. The summed E-state index contributed by atoms with van der Waals surface area (Å²) in [6.45, 7) is 7.60. The summed E-state index contributed by atoms with van der Waals surface area (Å²) in [6.07, 6.45) is 7.95. The third-order valence-electron chi connectivity index (χ3n) is 4.65. The van der Waals surface area contributed by atoms with Gasteiger partial charge >= 0.3 is 0 Å². The number of aryl methyl sites for hydroxylation is 1. The van der Waals surface area contributed by atoms with Gasteiger partial charge in [-0.25, -0.2) is 0 Å². The first kappa shape index (κ1) is 15.9. The van der Waals surface area contributed by atoms with E-state index in [1.54, 1.807) is 0 Å². The van der Waals surface area contributed by atoms with Crippen molar-refractivity contribution >= 4 is 11.8 Å². The van der Waals surface area contributed by atoms with Crippen molar-refractivity contribution in [1.82, 2.24) is 0 Å². The first-order valence-electron chi connectivity index (χ1n) is 8.03. The van der Waals surface area contributed by atoms with E-state index in [-0.39, 0.29) is 4.75 Å². The van der Waals surface area contributed by atoms with Gasteiger partial charge in [0.25, 0.3) is 0 Å². The molecule has 1 aliphatic carbocycles. The van der Waals surface area contributed by atoms with Crippen LogP contribution in [0.25, 0.3) is 0 Å². The highest BCUT2D eigenvalue weighted by Gasteiger charge is 2.52. The van der Waals surface area contributed by atoms with E-state index in [1.807, 2.05) is 11.8 Å². The Balaban J connectivity index is 2.06. The summed E-state index contributed by atoms with van der Waals surface area (Å²) in [4.78, 5) is 1.39. The third kappa shape index (κ3) is 3.40. The Hall–Kier alpha value is -0.470. The maximum atomic E-state index is 6.15. The van der Waals surface area contributed by atoms with Gasteiger partial charge in [-0.15, -0.1) is 11.8 Å². The van der Waals surface area contributed by atoms with Gasteiger partial charge in [0.15, 0.2) is 0 Å². The lowest BCUT2D eigenvalue weighted by Gasteiger charge is -2.56. The minimum absolute atomic E-state index is 0.290. The molecule has 1 saturated carbocycles. The number of rotatable bonds is 7. The second kappa shape index (κ2) is 6.53. The maximum Gasteiger partial charge on any atom is 0.0339 e. The Morgan fingerprint density at radius 1 is 1.15 bits per heavy atom. The topological polar surface area (TPSA) is 26.0 Å². The van der Waals surface area contributed by atoms with Crippen LogP contribution < -0.4 is 5.73 Å². The number of nitrogens with two attached hydrogens (primary N) is 1. The minimum Gasteiger partial charge on any atom is -0.329 e. The molecule has 1 nitrogen and oxygen atoms in total. The smallest absolute Gasteiger partial charge is 0.0339 e. The number of hydrogen-bond donors (Lipinski definition) is 1. The van der Waals surface area contributed by atoms with Crippen molar-refractivity contribution in [2.75, 3.05) is 6.54 Å². The molecule has 0 atom stereocenters. The average Bonchev–Trinajstić information content (AvgIpc) is 2.37. The average molecular weight is 292 g/mol. The first-order chi connectivity index (χ1) is 9.57. The summed E-state index contributed by atoms with van der Waals surface area (Å²) >= 11 is 2.02. The Morgan fingerprint density at radius 3 is 2.30 bits per heavy atom. The number of thioether (sulfide) groups is 1. The van der Waals surface area contributed by atoms with E-state index in [0.29, 0.717) is 5.41 Å². The zero-order valence-corrected chi connectivity index (χ0v) is 14.1. The van der Waals surface area contributed by atoms with Crippen LogP contribution in [-0.4, -0.2) is 11.3 Å². The molecule has 20 heavy (non-hydrogen) atoms. The van der Waals surface area contributed by atoms with E-state index >= 15 is 0 Å². The summed E-state index contributed by atoms with van der Waals surface area (Å²) < 4.78 is 0.290. The molecule has 2 N–H and O–H groups in total. The van der Waals surface area contributed by atoms with Gasteiger partial charge in [0.05, 0.1) is 0 Å². The number of hydrogen-bond acceptors (Lipinski definition) is 2. The maximum absolute atomic E-state index is 6.15. The van der Waals surface area contributed by atoms with E-state index in [9.17, 15) is 0 Å². The van der Waals surface area contributed by atoms with Crippen molar-refractivity contribution in [3.63, 3.8) is 0 Å². The molecule has 1 aliphatic rings. The lowest BCUT2D eigenvalue weighted by Crippen LogP contribution is -2.53. The van der Waals surface area contributed by atoms with E-state index in [0.717, 1.165) is 6.54 Å². The van der Waals surface area contributed by atoms with Gasteiger partial charge < -0.3 is 5.73 Å². The second-order valence-corrected chi connectivity index (χ2v) is 8.20. The molecule has 0 radical (unpaired) electrons. The second-order valence-electron chi connectivity index (χ2n) is 6.66. The van der Waals surface area contributed by atoms with E-state index < -0.39 is 0 Å². The van der Waals surface area contributed by atoms with E-state index in [2.05, 4.69) is 45.0 Å². The van der Waals surface area contributed by atoms with Gasteiger partial charge in [0.1, 0.15) is 0 Å².